The first kappa shape index (κ1) is 21.4. The summed E-state index contributed by atoms with van der Waals surface area (Å²) in [5.74, 6) is 1.37. The van der Waals surface area contributed by atoms with Gasteiger partial charge in [-0.1, -0.05) is 12.1 Å². The third-order valence-corrected chi connectivity index (χ3v) is 5.57. The van der Waals surface area contributed by atoms with Gasteiger partial charge in [0.25, 0.3) is 0 Å². The van der Waals surface area contributed by atoms with Crippen LogP contribution in [0.15, 0.2) is 24.3 Å². The molecule has 1 atom stereocenters. The Morgan fingerprint density at radius 2 is 1.96 bits per heavy atom. The molecule has 0 radical (unpaired) electrons. The summed E-state index contributed by atoms with van der Waals surface area (Å²) in [4.78, 5) is 28.7. The van der Waals surface area contributed by atoms with Crippen molar-refractivity contribution in [3.8, 4) is 5.75 Å². The third kappa shape index (κ3) is 5.79. The topological polar surface area (TPSA) is 61.9 Å². The van der Waals surface area contributed by atoms with E-state index >= 15 is 0 Å². The second kappa shape index (κ2) is 8.87. The fraction of sp³-hybridized carbons (Fsp3) is 0.600. The molecule has 1 fully saturated rings. The first-order valence-electron chi connectivity index (χ1n) is 9.26. The van der Waals surface area contributed by atoms with Crippen molar-refractivity contribution in [2.75, 3.05) is 26.0 Å². The molecule has 0 bridgehead atoms. The maximum absolute atomic E-state index is 12.6. The second-order valence-electron chi connectivity index (χ2n) is 7.99. The zero-order valence-corrected chi connectivity index (χ0v) is 17.9. The van der Waals surface area contributed by atoms with Gasteiger partial charge in [-0.05, 0) is 52.3 Å². The maximum Gasteiger partial charge on any atom is 0.318 e. The van der Waals surface area contributed by atoms with E-state index in [1.807, 2.05) is 63.8 Å². The van der Waals surface area contributed by atoms with Gasteiger partial charge in [0, 0.05) is 24.7 Å². The first-order chi connectivity index (χ1) is 12.6. The van der Waals surface area contributed by atoms with Gasteiger partial charge in [-0.25, -0.2) is 4.79 Å². The zero-order valence-electron chi connectivity index (χ0n) is 17.1. The molecular weight excluding hydrogens is 362 g/mol. The van der Waals surface area contributed by atoms with Gasteiger partial charge in [0.05, 0.1) is 12.9 Å². The standard InChI is InChI=1S/C20H31N3O3S/c1-14(2)22(19(25)21-20(3,4)5)11-12-23-17(24)13-27-18(23)15-7-9-16(26-6)10-8-15/h7-10,14,18H,11-13H2,1-6H3,(H,21,25)/t18-/m0/s1. The van der Waals surface area contributed by atoms with Crippen LogP contribution < -0.4 is 10.1 Å². The number of nitrogens with one attached hydrogen (secondary N) is 1. The van der Waals surface area contributed by atoms with Crippen LogP contribution in [-0.4, -0.2) is 59.3 Å². The van der Waals surface area contributed by atoms with Crippen molar-refractivity contribution in [1.29, 1.82) is 0 Å². The Kier molecular flexibility index (Phi) is 7.03. The number of urea groups is 1. The van der Waals surface area contributed by atoms with Gasteiger partial charge in [0.15, 0.2) is 0 Å². The highest BCUT2D eigenvalue weighted by molar-refractivity contribution is 8.00. The Balaban J connectivity index is 2.07. The SMILES string of the molecule is COc1ccc([C@@H]2SCC(=O)N2CCN(C(=O)NC(C)(C)C)C(C)C)cc1. The Bertz CT molecular complexity index is 655. The van der Waals surface area contributed by atoms with Crippen molar-refractivity contribution in [2.24, 2.45) is 0 Å². The summed E-state index contributed by atoms with van der Waals surface area (Å²) in [7, 11) is 1.64. The minimum Gasteiger partial charge on any atom is -0.497 e. The maximum atomic E-state index is 12.6. The molecule has 6 nitrogen and oxygen atoms in total. The number of amides is 3. The number of hydrogen-bond donors (Lipinski definition) is 1. The summed E-state index contributed by atoms with van der Waals surface area (Å²) in [5.41, 5.74) is 0.775. The second-order valence-corrected chi connectivity index (χ2v) is 9.06. The minimum atomic E-state index is -0.296. The highest BCUT2D eigenvalue weighted by Crippen LogP contribution is 2.38. The summed E-state index contributed by atoms with van der Waals surface area (Å²) >= 11 is 1.62. The molecular formula is C20H31N3O3S. The molecule has 0 unspecified atom stereocenters. The molecule has 1 saturated heterocycles. The van der Waals surface area contributed by atoms with Crippen LogP contribution in [0.25, 0.3) is 0 Å². The summed E-state index contributed by atoms with van der Waals surface area (Å²) in [6.45, 7) is 10.9. The predicted molar refractivity (Wildman–Crippen MR) is 110 cm³/mol. The minimum absolute atomic E-state index is 0.0249. The largest absolute Gasteiger partial charge is 0.497 e. The summed E-state index contributed by atoms with van der Waals surface area (Å²) in [5, 5.41) is 2.98. The van der Waals surface area contributed by atoms with Crippen LogP contribution in [0.1, 0.15) is 45.6 Å². The lowest BCUT2D eigenvalue weighted by Crippen LogP contribution is -2.52. The van der Waals surface area contributed by atoms with E-state index in [0.29, 0.717) is 18.8 Å². The van der Waals surface area contributed by atoms with E-state index < -0.39 is 0 Å². The van der Waals surface area contributed by atoms with Crippen LogP contribution in [0.4, 0.5) is 4.79 Å². The Labute approximate surface area is 166 Å². The number of rotatable bonds is 6. The van der Waals surface area contributed by atoms with Crippen LogP contribution in [0.2, 0.25) is 0 Å². The smallest absolute Gasteiger partial charge is 0.318 e. The van der Waals surface area contributed by atoms with Crippen molar-refractivity contribution in [3.05, 3.63) is 29.8 Å². The molecule has 0 spiro atoms. The van der Waals surface area contributed by atoms with Crippen molar-refractivity contribution < 1.29 is 14.3 Å². The highest BCUT2D eigenvalue weighted by Gasteiger charge is 2.33. The van der Waals surface area contributed by atoms with Gasteiger partial charge in [0.1, 0.15) is 11.1 Å². The summed E-state index contributed by atoms with van der Waals surface area (Å²) in [6, 6.07) is 7.76. The van der Waals surface area contributed by atoms with Crippen molar-refractivity contribution in [3.63, 3.8) is 0 Å². The molecule has 150 valence electrons. The number of carbonyl (C=O) groups is 2. The number of nitrogens with zero attached hydrogens (tertiary/aromatic N) is 2. The molecule has 3 amide bonds. The zero-order chi connectivity index (χ0) is 20.2. The number of methoxy groups -OCH3 is 1. The molecule has 1 aromatic rings. The van der Waals surface area contributed by atoms with Gasteiger partial charge in [0.2, 0.25) is 5.91 Å². The highest BCUT2D eigenvalue weighted by atomic mass is 32.2. The lowest BCUT2D eigenvalue weighted by molar-refractivity contribution is -0.128. The molecule has 2 rings (SSSR count). The molecule has 0 aliphatic carbocycles. The normalized spacial score (nSPS) is 17.4. The monoisotopic (exact) mass is 393 g/mol. The van der Waals surface area contributed by atoms with Gasteiger partial charge < -0.3 is 19.9 Å². The molecule has 1 N–H and O–H groups in total. The number of thioether (sulfide) groups is 1. The summed E-state index contributed by atoms with van der Waals surface area (Å²) in [6.07, 6.45) is 0. The van der Waals surface area contributed by atoms with E-state index in [1.165, 1.54) is 0 Å². The summed E-state index contributed by atoms with van der Waals surface area (Å²) < 4.78 is 5.21. The van der Waals surface area contributed by atoms with E-state index in [0.717, 1.165) is 11.3 Å². The van der Waals surface area contributed by atoms with Crippen molar-refractivity contribution in [1.82, 2.24) is 15.1 Å². The van der Waals surface area contributed by atoms with Crippen LogP contribution in [0.5, 0.6) is 5.75 Å². The van der Waals surface area contributed by atoms with Crippen molar-refractivity contribution >= 4 is 23.7 Å². The molecule has 7 heteroatoms. The van der Waals surface area contributed by atoms with Crippen LogP contribution in [-0.2, 0) is 4.79 Å². The van der Waals surface area contributed by atoms with Crippen LogP contribution >= 0.6 is 11.8 Å². The lowest BCUT2D eigenvalue weighted by Gasteiger charge is -2.33. The first-order valence-corrected chi connectivity index (χ1v) is 10.3. The average molecular weight is 394 g/mol. The Morgan fingerprint density at radius 1 is 1.33 bits per heavy atom. The van der Waals surface area contributed by atoms with Gasteiger partial charge in [-0.3, -0.25) is 4.79 Å². The third-order valence-electron chi connectivity index (χ3n) is 4.32. The molecule has 1 aromatic carbocycles. The van der Waals surface area contributed by atoms with Gasteiger partial charge >= 0.3 is 6.03 Å². The van der Waals surface area contributed by atoms with E-state index in [2.05, 4.69) is 5.32 Å². The predicted octanol–water partition coefficient (Wildman–Crippen LogP) is 3.49. The van der Waals surface area contributed by atoms with E-state index in [4.69, 9.17) is 4.74 Å². The Morgan fingerprint density at radius 3 is 2.48 bits per heavy atom. The average Bonchev–Trinajstić information content (AvgIpc) is 2.94. The number of hydrogen-bond acceptors (Lipinski definition) is 4. The molecule has 1 aliphatic rings. The van der Waals surface area contributed by atoms with Crippen LogP contribution in [0.3, 0.4) is 0 Å². The molecule has 0 aromatic heterocycles. The molecule has 0 saturated carbocycles. The quantitative estimate of drug-likeness (QED) is 0.804. The fourth-order valence-electron chi connectivity index (χ4n) is 2.94. The van der Waals surface area contributed by atoms with Crippen LogP contribution in [0, 0.1) is 0 Å². The molecule has 27 heavy (non-hydrogen) atoms. The lowest BCUT2D eigenvalue weighted by atomic mass is 10.1. The van der Waals surface area contributed by atoms with E-state index in [1.54, 1.807) is 23.8 Å². The molecule has 1 aliphatic heterocycles. The fourth-order valence-corrected chi connectivity index (χ4v) is 4.16. The van der Waals surface area contributed by atoms with E-state index in [-0.39, 0.29) is 28.9 Å². The van der Waals surface area contributed by atoms with Gasteiger partial charge in [-0.15, -0.1) is 11.8 Å². The van der Waals surface area contributed by atoms with Gasteiger partial charge in [-0.2, -0.15) is 0 Å². The number of carbonyl (C=O) groups excluding carboxylic acids is 2. The Hall–Kier alpha value is -1.89. The number of ether oxygens (including phenoxy) is 1. The van der Waals surface area contributed by atoms with Crippen molar-refractivity contribution in [2.45, 2.75) is 51.6 Å². The molecule has 1 heterocycles. The van der Waals surface area contributed by atoms with E-state index in [9.17, 15) is 9.59 Å². The number of benzene rings is 1.